The second-order valence-electron chi connectivity index (χ2n) is 5.54. The minimum atomic E-state index is -3.02. The van der Waals surface area contributed by atoms with Gasteiger partial charge in [0, 0.05) is 10.1 Å². The molecule has 2 atom stereocenters. The van der Waals surface area contributed by atoms with Crippen LogP contribution in [0.5, 0.6) is 0 Å². The summed E-state index contributed by atoms with van der Waals surface area (Å²) in [5.74, 6) is -1.36. The van der Waals surface area contributed by atoms with Gasteiger partial charge in [0.05, 0.1) is 17.1 Å². The molecule has 1 saturated heterocycles. The van der Waals surface area contributed by atoms with E-state index in [0.29, 0.717) is 11.3 Å². The Morgan fingerprint density at radius 3 is 2.60 bits per heavy atom. The molecule has 1 aliphatic rings. The largest absolute Gasteiger partial charge is 0.449 e. The van der Waals surface area contributed by atoms with Crippen molar-refractivity contribution in [3.8, 4) is 0 Å². The van der Waals surface area contributed by atoms with Crippen LogP contribution in [-0.4, -0.2) is 49.2 Å². The zero-order valence-corrected chi connectivity index (χ0v) is 15.1. The van der Waals surface area contributed by atoms with Gasteiger partial charge in [0.2, 0.25) is 0 Å². The lowest BCUT2D eigenvalue weighted by atomic mass is 10.2. The van der Waals surface area contributed by atoms with Crippen LogP contribution in [0.15, 0.2) is 29.2 Å². The number of nitrogens with two attached hydrogens (primary N) is 1. The number of hydrogen-bond acceptors (Lipinski definition) is 7. The monoisotopic (exact) mass is 386 g/mol. The predicted octanol–water partition coefficient (Wildman–Crippen LogP) is 0.706. The molecular weight excluding hydrogens is 368 g/mol. The summed E-state index contributed by atoms with van der Waals surface area (Å²) in [6.45, 7) is 1.31. The van der Waals surface area contributed by atoms with Gasteiger partial charge in [0.25, 0.3) is 5.91 Å². The number of amides is 3. The lowest BCUT2D eigenvalue weighted by Crippen LogP contribution is -2.42. The van der Waals surface area contributed by atoms with Crippen molar-refractivity contribution in [2.45, 2.75) is 29.6 Å². The van der Waals surface area contributed by atoms with E-state index in [1.807, 2.05) is 5.32 Å². The van der Waals surface area contributed by atoms with Crippen molar-refractivity contribution in [2.24, 2.45) is 5.73 Å². The lowest BCUT2D eigenvalue weighted by molar-refractivity contribution is -0.127. The first-order valence-electron chi connectivity index (χ1n) is 7.45. The fourth-order valence-corrected chi connectivity index (χ4v) is 5.89. The Kier molecular flexibility index (Phi) is 6.07. The predicted molar refractivity (Wildman–Crippen MR) is 92.0 cm³/mol. The summed E-state index contributed by atoms with van der Waals surface area (Å²) in [4.78, 5) is 35.2. The fraction of sp³-hybridized carbons (Fsp3) is 0.400. The molecular formula is C15H18N2O6S2. The number of benzene rings is 1. The number of primary amides is 1. The van der Waals surface area contributed by atoms with Gasteiger partial charge in [-0.2, -0.15) is 0 Å². The normalized spacial score (nSPS) is 19.8. The molecule has 25 heavy (non-hydrogen) atoms. The highest BCUT2D eigenvalue weighted by atomic mass is 32.2. The zero-order chi connectivity index (χ0) is 18.6. The molecule has 136 valence electrons. The summed E-state index contributed by atoms with van der Waals surface area (Å²) >= 11 is 1.30. The molecule has 2 rings (SSSR count). The zero-order valence-electron chi connectivity index (χ0n) is 13.4. The molecule has 0 radical (unpaired) electrons. The van der Waals surface area contributed by atoms with Gasteiger partial charge in [0.1, 0.15) is 0 Å². The molecule has 8 nitrogen and oxygen atoms in total. The maximum Gasteiger partial charge on any atom is 0.340 e. The molecule has 0 spiro atoms. The van der Waals surface area contributed by atoms with Crippen molar-refractivity contribution >= 4 is 39.5 Å². The highest BCUT2D eigenvalue weighted by Gasteiger charge is 2.30. The lowest BCUT2D eigenvalue weighted by Gasteiger charge is -2.15. The smallest absolute Gasteiger partial charge is 0.340 e. The van der Waals surface area contributed by atoms with Gasteiger partial charge in [-0.15, -0.1) is 11.8 Å². The third-order valence-electron chi connectivity index (χ3n) is 3.49. The summed E-state index contributed by atoms with van der Waals surface area (Å²) in [5.41, 5.74) is 5.08. The Morgan fingerprint density at radius 1 is 1.32 bits per heavy atom. The number of nitrogens with one attached hydrogen (secondary N) is 1. The number of thioether (sulfide) groups is 1. The summed E-state index contributed by atoms with van der Waals surface area (Å²) in [6, 6.07) is 5.56. The molecule has 10 heteroatoms. The summed E-state index contributed by atoms with van der Waals surface area (Å²) in [5, 5.41) is 1.70. The number of sulfone groups is 1. The Bertz CT molecular complexity index is 793. The average molecular weight is 386 g/mol. The highest BCUT2D eigenvalue weighted by molar-refractivity contribution is 8.02. The third kappa shape index (κ3) is 5.46. The minimum absolute atomic E-state index is 0.0679. The Balaban J connectivity index is 2.07. The SMILES string of the molecule is C[C@@H](OC(=O)c1ccccc1S[C@H]1CCS(=O)(=O)C1)C(=O)NC(N)=O. The first-order chi connectivity index (χ1) is 11.7. The molecule has 0 unspecified atom stereocenters. The number of ether oxygens (including phenoxy) is 1. The van der Waals surface area contributed by atoms with E-state index in [-0.39, 0.29) is 22.3 Å². The van der Waals surface area contributed by atoms with Gasteiger partial charge >= 0.3 is 12.0 Å². The summed E-state index contributed by atoms with van der Waals surface area (Å²) in [7, 11) is -3.02. The van der Waals surface area contributed by atoms with Gasteiger partial charge in [0.15, 0.2) is 15.9 Å². The van der Waals surface area contributed by atoms with E-state index < -0.39 is 33.8 Å². The topological polar surface area (TPSA) is 133 Å². The number of imide groups is 1. The number of carbonyl (C=O) groups is 3. The number of rotatable bonds is 5. The van der Waals surface area contributed by atoms with Crippen LogP contribution in [0.3, 0.4) is 0 Å². The number of hydrogen-bond donors (Lipinski definition) is 2. The number of esters is 1. The van der Waals surface area contributed by atoms with Crippen LogP contribution in [0.1, 0.15) is 23.7 Å². The second kappa shape index (κ2) is 7.87. The standard InChI is InChI=1S/C15H18N2O6S2/c1-9(13(18)17-15(16)20)23-14(19)11-4-2-3-5-12(11)24-10-6-7-25(21,22)8-10/h2-5,9-10H,6-8H2,1H3,(H3,16,17,18,20)/t9-,10+/m1/s1. The third-order valence-corrected chi connectivity index (χ3v) is 6.82. The Morgan fingerprint density at radius 2 is 2.00 bits per heavy atom. The van der Waals surface area contributed by atoms with Crippen LogP contribution in [0.4, 0.5) is 4.79 Å². The molecule has 1 heterocycles. The summed E-state index contributed by atoms with van der Waals surface area (Å²) < 4.78 is 28.2. The van der Waals surface area contributed by atoms with E-state index in [4.69, 9.17) is 10.5 Å². The van der Waals surface area contributed by atoms with E-state index in [1.165, 1.54) is 24.8 Å². The summed E-state index contributed by atoms with van der Waals surface area (Å²) in [6.07, 6.45) is -0.682. The molecule has 0 aromatic heterocycles. The second-order valence-corrected chi connectivity index (χ2v) is 9.11. The van der Waals surface area contributed by atoms with Crippen LogP contribution < -0.4 is 11.1 Å². The molecule has 0 saturated carbocycles. The van der Waals surface area contributed by atoms with Crippen molar-refractivity contribution < 1.29 is 27.5 Å². The average Bonchev–Trinajstić information content (AvgIpc) is 2.85. The maximum absolute atomic E-state index is 12.3. The minimum Gasteiger partial charge on any atom is -0.449 e. The van der Waals surface area contributed by atoms with Gasteiger partial charge in [-0.3, -0.25) is 10.1 Å². The first kappa shape index (κ1) is 19.3. The fourth-order valence-electron chi connectivity index (χ4n) is 2.27. The highest BCUT2D eigenvalue weighted by Crippen LogP contribution is 2.33. The quantitative estimate of drug-likeness (QED) is 0.712. The van der Waals surface area contributed by atoms with Crippen molar-refractivity contribution in [2.75, 3.05) is 11.5 Å². The van der Waals surface area contributed by atoms with E-state index in [1.54, 1.807) is 18.2 Å². The molecule has 1 aromatic carbocycles. The Labute approximate surface area is 149 Å². The molecule has 1 aromatic rings. The van der Waals surface area contributed by atoms with Crippen LogP contribution in [0.25, 0.3) is 0 Å². The van der Waals surface area contributed by atoms with Gasteiger partial charge in [-0.25, -0.2) is 18.0 Å². The van der Waals surface area contributed by atoms with E-state index in [2.05, 4.69) is 0 Å². The van der Waals surface area contributed by atoms with Gasteiger partial charge in [-0.05, 0) is 25.5 Å². The maximum atomic E-state index is 12.3. The number of urea groups is 1. The van der Waals surface area contributed by atoms with Crippen molar-refractivity contribution in [3.63, 3.8) is 0 Å². The molecule has 3 N–H and O–H groups in total. The van der Waals surface area contributed by atoms with Gasteiger partial charge in [-0.1, -0.05) is 12.1 Å². The molecule has 0 aliphatic carbocycles. The molecule has 0 bridgehead atoms. The van der Waals surface area contributed by atoms with Gasteiger partial charge < -0.3 is 10.5 Å². The molecule has 1 fully saturated rings. The van der Waals surface area contributed by atoms with Crippen molar-refractivity contribution in [1.82, 2.24) is 5.32 Å². The van der Waals surface area contributed by atoms with Crippen molar-refractivity contribution in [1.29, 1.82) is 0 Å². The Hall–Kier alpha value is -2.07. The van der Waals surface area contributed by atoms with Crippen molar-refractivity contribution in [3.05, 3.63) is 29.8 Å². The first-order valence-corrected chi connectivity index (χ1v) is 10.2. The van der Waals surface area contributed by atoms with E-state index >= 15 is 0 Å². The van der Waals surface area contributed by atoms with Crippen LogP contribution in [-0.2, 0) is 19.4 Å². The molecule has 1 aliphatic heterocycles. The van der Waals surface area contributed by atoms with E-state index in [9.17, 15) is 22.8 Å². The van der Waals surface area contributed by atoms with Crippen LogP contribution in [0, 0.1) is 0 Å². The molecule has 3 amide bonds. The number of carbonyl (C=O) groups excluding carboxylic acids is 3. The van der Waals surface area contributed by atoms with Crippen LogP contribution >= 0.6 is 11.8 Å². The van der Waals surface area contributed by atoms with E-state index in [0.717, 1.165) is 0 Å². The van der Waals surface area contributed by atoms with Crippen LogP contribution in [0.2, 0.25) is 0 Å².